The highest BCUT2D eigenvalue weighted by molar-refractivity contribution is 6.49. The van der Waals surface area contributed by atoms with Crippen molar-refractivity contribution in [2.75, 3.05) is 0 Å². The average molecular weight is 220 g/mol. The first-order valence-electron chi connectivity index (χ1n) is 3.31. The number of fused-ring (bicyclic) bond motifs is 1. The quantitative estimate of drug-likeness (QED) is 0.634. The number of halogens is 3. The van der Waals surface area contributed by atoms with Crippen molar-refractivity contribution in [3.05, 3.63) is 39.6 Å². The Balaban J connectivity index is 2.99. The van der Waals surface area contributed by atoms with Crippen molar-refractivity contribution >= 4 is 40.3 Å². The van der Waals surface area contributed by atoms with Crippen LogP contribution in [0.25, 0.3) is 5.52 Å². The molecule has 0 aromatic carbocycles. The SMILES string of the molecule is Clc1c(Cl)c2ccccn2c1Cl. The van der Waals surface area contributed by atoms with Gasteiger partial charge in [0.1, 0.15) is 5.15 Å². The second kappa shape index (κ2) is 2.84. The van der Waals surface area contributed by atoms with Gasteiger partial charge in [-0.15, -0.1) is 0 Å². The topological polar surface area (TPSA) is 4.41 Å². The molecule has 0 unspecified atom stereocenters. The Morgan fingerprint density at radius 2 is 1.75 bits per heavy atom. The predicted octanol–water partition coefficient (Wildman–Crippen LogP) is 3.90. The number of pyridine rings is 1. The summed E-state index contributed by atoms with van der Waals surface area (Å²) in [5.74, 6) is 0. The summed E-state index contributed by atoms with van der Waals surface area (Å²) in [6, 6.07) is 5.61. The van der Waals surface area contributed by atoms with Gasteiger partial charge in [-0.25, -0.2) is 0 Å². The minimum atomic E-state index is 0.407. The van der Waals surface area contributed by atoms with Crippen molar-refractivity contribution in [3.63, 3.8) is 0 Å². The highest BCUT2D eigenvalue weighted by Crippen LogP contribution is 2.35. The molecule has 0 saturated carbocycles. The largest absolute Gasteiger partial charge is 0.305 e. The molecule has 0 amide bonds. The van der Waals surface area contributed by atoms with Crippen LogP contribution in [0.2, 0.25) is 15.2 Å². The monoisotopic (exact) mass is 219 g/mol. The van der Waals surface area contributed by atoms with E-state index in [1.165, 1.54) is 0 Å². The van der Waals surface area contributed by atoms with Crippen molar-refractivity contribution < 1.29 is 0 Å². The lowest BCUT2D eigenvalue weighted by Crippen LogP contribution is -1.79. The summed E-state index contributed by atoms with van der Waals surface area (Å²) in [5, 5.41) is 1.36. The van der Waals surface area contributed by atoms with Gasteiger partial charge in [-0.2, -0.15) is 0 Å². The molecule has 0 spiro atoms. The van der Waals surface area contributed by atoms with Gasteiger partial charge in [-0.05, 0) is 12.1 Å². The van der Waals surface area contributed by atoms with Gasteiger partial charge >= 0.3 is 0 Å². The Labute approximate surface area is 84.5 Å². The second-order valence-corrected chi connectivity index (χ2v) is 3.49. The minimum absolute atomic E-state index is 0.407. The van der Waals surface area contributed by atoms with Gasteiger partial charge in [0.15, 0.2) is 0 Å². The molecular formula is C8H4Cl3N. The number of hydrogen-bond acceptors (Lipinski definition) is 0. The summed E-state index contributed by atoms with van der Waals surface area (Å²) in [4.78, 5) is 0. The molecule has 0 aliphatic rings. The molecule has 0 bridgehead atoms. The van der Waals surface area contributed by atoms with E-state index in [4.69, 9.17) is 34.8 Å². The third kappa shape index (κ3) is 1.01. The van der Waals surface area contributed by atoms with E-state index < -0.39 is 0 Å². The molecule has 0 radical (unpaired) electrons. The molecule has 0 atom stereocenters. The Kier molecular flexibility index (Phi) is 1.95. The summed E-state index contributed by atoms with van der Waals surface area (Å²) in [6.45, 7) is 0. The fourth-order valence-electron chi connectivity index (χ4n) is 1.10. The van der Waals surface area contributed by atoms with E-state index in [9.17, 15) is 0 Å². The van der Waals surface area contributed by atoms with E-state index in [1.54, 1.807) is 4.40 Å². The zero-order chi connectivity index (χ0) is 8.72. The summed E-state index contributed by atoms with van der Waals surface area (Å²) < 4.78 is 1.74. The van der Waals surface area contributed by atoms with Crippen LogP contribution in [-0.2, 0) is 0 Å². The van der Waals surface area contributed by atoms with Gasteiger partial charge in [0, 0.05) is 6.20 Å². The predicted molar refractivity (Wildman–Crippen MR) is 52.4 cm³/mol. The fourth-order valence-corrected chi connectivity index (χ4v) is 1.82. The van der Waals surface area contributed by atoms with Crippen LogP contribution in [0.5, 0.6) is 0 Å². The molecule has 0 N–H and O–H groups in total. The number of nitrogens with zero attached hydrogens (tertiary/aromatic N) is 1. The van der Waals surface area contributed by atoms with Gasteiger partial charge < -0.3 is 4.40 Å². The van der Waals surface area contributed by atoms with Crippen LogP contribution < -0.4 is 0 Å². The molecule has 0 saturated heterocycles. The zero-order valence-electron chi connectivity index (χ0n) is 5.89. The Morgan fingerprint density at radius 1 is 1.00 bits per heavy atom. The molecule has 0 fully saturated rings. The maximum absolute atomic E-state index is 5.91. The van der Waals surface area contributed by atoms with Crippen LogP contribution in [0.3, 0.4) is 0 Å². The molecule has 1 nitrogen and oxygen atoms in total. The summed E-state index contributed by atoms with van der Waals surface area (Å²) in [5.41, 5.74) is 0.828. The van der Waals surface area contributed by atoms with Crippen molar-refractivity contribution in [1.82, 2.24) is 4.40 Å². The summed E-state index contributed by atoms with van der Waals surface area (Å²) >= 11 is 17.6. The molecule has 0 aliphatic carbocycles. The van der Waals surface area contributed by atoms with Gasteiger partial charge in [0.25, 0.3) is 0 Å². The Hall–Kier alpha value is -0.370. The number of rotatable bonds is 0. The Bertz CT molecular complexity index is 394. The van der Waals surface area contributed by atoms with E-state index in [1.807, 2.05) is 24.4 Å². The number of aromatic nitrogens is 1. The van der Waals surface area contributed by atoms with Gasteiger partial charge in [-0.1, -0.05) is 40.9 Å². The van der Waals surface area contributed by atoms with E-state index >= 15 is 0 Å². The standard InChI is InChI=1S/C8H4Cl3N/c9-6-5-3-1-2-4-12(5)8(11)7(6)10/h1-4H. The van der Waals surface area contributed by atoms with Crippen LogP contribution in [-0.4, -0.2) is 4.40 Å². The maximum atomic E-state index is 5.91. The second-order valence-electron chi connectivity index (χ2n) is 2.37. The molecule has 2 heterocycles. The first-order chi connectivity index (χ1) is 5.72. The zero-order valence-corrected chi connectivity index (χ0v) is 8.16. The molecule has 2 aromatic heterocycles. The van der Waals surface area contributed by atoms with Crippen LogP contribution in [0.4, 0.5) is 0 Å². The normalized spacial score (nSPS) is 10.9. The van der Waals surface area contributed by atoms with E-state index in [2.05, 4.69) is 0 Å². The van der Waals surface area contributed by atoms with Gasteiger partial charge in [0.2, 0.25) is 0 Å². The molecule has 62 valence electrons. The van der Waals surface area contributed by atoms with Crippen molar-refractivity contribution in [3.8, 4) is 0 Å². The lowest BCUT2D eigenvalue weighted by Gasteiger charge is -1.92. The maximum Gasteiger partial charge on any atom is 0.133 e. The number of hydrogen-bond donors (Lipinski definition) is 0. The minimum Gasteiger partial charge on any atom is -0.305 e. The van der Waals surface area contributed by atoms with Crippen LogP contribution in [0, 0.1) is 0 Å². The lowest BCUT2D eigenvalue weighted by molar-refractivity contribution is 1.20. The van der Waals surface area contributed by atoms with Crippen LogP contribution in [0.15, 0.2) is 24.4 Å². The smallest absolute Gasteiger partial charge is 0.133 e. The lowest BCUT2D eigenvalue weighted by atomic mass is 10.4. The third-order valence-corrected chi connectivity index (χ3v) is 2.99. The first kappa shape index (κ1) is 8.24. The Morgan fingerprint density at radius 3 is 2.42 bits per heavy atom. The molecule has 2 aromatic rings. The summed E-state index contributed by atoms with van der Waals surface area (Å²) in [6.07, 6.45) is 1.81. The fraction of sp³-hybridized carbons (Fsp3) is 0. The summed E-state index contributed by atoms with van der Waals surface area (Å²) in [7, 11) is 0. The molecule has 0 aliphatic heterocycles. The van der Waals surface area contributed by atoms with E-state index in [0.29, 0.717) is 15.2 Å². The van der Waals surface area contributed by atoms with E-state index in [-0.39, 0.29) is 0 Å². The van der Waals surface area contributed by atoms with Crippen molar-refractivity contribution in [1.29, 1.82) is 0 Å². The molecule has 2 rings (SSSR count). The van der Waals surface area contributed by atoms with Gasteiger partial charge in [0.05, 0.1) is 15.6 Å². The van der Waals surface area contributed by atoms with Crippen molar-refractivity contribution in [2.24, 2.45) is 0 Å². The highest BCUT2D eigenvalue weighted by atomic mass is 35.5. The van der Waals surface area contributed by atoms with Crippen LogP contribution >= 0.6 is 34.8 Å². The third-order valence-electron chi connectivity index (χ3n) is 1.67. The molecule has 12 heavy (non-hydrogen) atoms. The van der Waals surface area contributed by atoms with Crippen LogP contribution in [0.1, 0.15) is 0 Å². The van der Waals surface area contributed by atoms with Gasteiger partial charge in [-0.3, -0.25) is 0 Å². The van der Waals surface area contributed by atoms with Crippen molar-refractivity contribution in [2.45, 2.75) is 0 Å². The first-order valence-corrected chi connectivity index (χ1v) is 4.44. The molecular weight excluding hydrogens is 216 g/mol. The van der Waals surface area contributed by atoms with E-state index in [0.717, 1.165) is 5.52 Å². The average Bonchev–Trinajstić information content (AvgIpc) is 2.33. The molecule has 4 heteroatoms. The highest BCUT2D eigenvalue weighted by Gasteiger charge is 2.11.